The summed E-state index contributed by atoms with van der Waals surface area (Å²) >= 11 is 0. The van der Waals surface area contributed by atoms with Crippen LogP contribution in [-0.2, 0) is 14.8 Å². The minimum absolute atomic E-state index is 0.0140. The van der Waals surface area contributed by atoms with E-state index in [4.69, 9.17) is 9.15 Å². The van der Waals surface area contributed by atoms with E-state index >= 15 is 0 Å². The van der Waals surface area contributed by atoms with E-state index in [-0.39, 0.29) is 16.8 Å². The van der Waals surface area contributed by atoms with Crippen LogP contribution in [0.15, 0.2) is 52.0 Å². The number of sulfonamides is 1. The number of carbonyl (C=O) groups excluding carboxylic acids is 1. The molecule has 2 N–H and O–H groups in total. The van der Waals surface area contributed by atoms with E-state index in [1.807, 2.05) is 26.2 Å². The Morgan fingerprint density at radius 1 is 1.18 bits per heavy atom. The van der Waals surface area contributed by atoms with Crippen molar-refractivity contribution in [2.45, 2.75) is 10.9 Å². The van der Waals surface area contributed by atoms with Gasteiger partial charge in [-0.05, 0) is 36.4 Å². The van der Waals surface area contributed by atoms with Crippen molar-refractivity contribution in [2.24, 2.45) is 0 Å². The molecule has 1 aliphatic heterocycles. The Hall–Kier alpha value is -2.20. The zero-order valence-corrected chi connectivity index (χ0v) is 16.9. The van der Waals surface area contributed by atoms with Gasteiger partial charge in [0, 0.05) is 18.7 Å². The SMILES string of the molecule is C[NH+](C)[C@H](CNC(=O)c1ccc(S(=O)(=O)N2CCOCC2)cc1)c1ccco1. The van der Waals surface area contributed by atoms with Crippen LogP contribution in [0.4, 0.5) is 0 Å². The van der Waals surface area contributed by atoms with Crippen LogP contribution in [0, 0.1) is 0 Å². The molecule has 1 fully saturated rings. The highest BCUT2D eigenvalue weighted by Crippen LogP contribution is 2.18. The van der Waals surface area contributed by atoms with Crippen LogP contribution in [0.25, 0.3) is 0 Å². The molecule has 9 heteroatoms. The average Bonchev–Trinajstić information content (AvgIpc) is 3.23. The second kappa shape index (κ2) is 8.87. The molecule has 8 nitrogen and oxygen atoms in total. The monoisotopic (exact) mass is 408 g/mol. The average molecular weight is 409 g/mol. The smallest absolute Gasteiger partial charge is 0.251 e. The lowest BCUT2D eigenvalue weighted by atomic mass is 10.2. The first-order chi connectivity index (χ1) is 13.4. The minimum atomic E-state index is -3.57. The number of benzene rings is 1. The number of likely N-dealkylation sites (N-methyl/N-ethyl adjacent to an activating group) is 1. The van der Waals surface area contributed by atoms with Gasteiger partial charge >= 0.3 is 0 Å². The molecule has 152 valence electrons. The van der Waals surface area contributed by atoms with E-state index in [1.165, 1.54) is 28.6 Å². The molecule has 0 radical (unpaired) electrons. The van der Waals surface area contributed by atoms with Crippen molar-refractivity contribution in [3.8, 4) is 0 Å². The van der Waals surface area contributed by atoms with Crippen LogP contribution in [-0.4, -0.2) is 65.6 Å². The fourth-order valence-corrected chi connectivity index (χ4v) is 4.50. The highest BCUT2D eigenvalue weighted by Gasteiger charge is 2.26. The van der Waals surface area contributed by atoms with E-state index in [9.17, 15) is 13.2 Å². The zero-order valence-electron chi connectivity index (χ0n) is 16.1. The Kier molecular flexibility index (Phi) is 6.50. The quantitative estimate of drug-likeness (QED) is 0.668. The van der Waals surface area contributed by atoms with Gasteiger partial charge in [-0.2, -0.15) is 4.31 Å². The Morgan fingerprint density at radius 2 is 1.86 bits per heavy atom. The summed E-state index contributed by atoms with van der Waals surface area (Å²) in [7, 11) is 0.416. The van der Waals surface area contributed by atoms with Gasteiger partial charge in [-0.25, -0.2) is 8.42 Å². The number of nitrogens with zero attached hydrogens (tertiary/aromatic N) is 1. The van der Waals surface area contributed by atoms with Crippen molar-refractivity contribution in [1.82, 2.24) is 9.62 Å². The van der Waals surface area contributed by atoms with Gasteiger partial charge in [0.15, 0.2) is 11.8 Å². The van der Waals surface area contributed by atoms with Gasteiger partial charge in [0.05, 0.1) is 45.0 Å². The summed E-state index contributed by atoms with van der Waals surface area (Å²) in [5, 5.41) is 2.89. The number of rotatable bonds is 7. The largest absolute Gasteiger partial charge is 0.463 e. The van der Waals surface area contributed by atoms with Gasteiger partial charge in [-0.3, -0.25) is 4.79 Å². The molecule has 0 spiro atoms. The minimum Gasteiger partial charge on any atom is -0.463 e. The van der Waals surface area contributed by atoms with Crippen LogP contribution in [0.1, 0.15) is 22.2 Å². The molecule has 1 aromatic carbocycles. The first kappa shape index (κ1) is 20.5. The summed E-state index contributed by atoms with van der Waals surface area (Å²) < 4.78 is 37.4. The van der Waals surface area contributed by atoms with Crippen molar-refractivity contribution >= 4 is 15.9 Å². The third kappa shape index (κ3) is 4.61. The molecule has 3 rings (SSSR count). The van der Waals surface area contributed by atoms with Gasteiger partial charge in [-0.1, -0.05) is 0 Å². The molecule has 0 saturated carbocycles. The Bertz CT molecular complexity index is 873. The maximum Gasteiger partial charge on any atom is 0.251 e. The Morgan fingerprint density at radius 3 is 2.43 bits per heavy atom. The third-order valence-corrected chi connectivity index (χ3v) is 6.69. The van der Waals surface area contributed by atoms with Gasteiger partial charge in [0.2, 0.25) is 10.0 Å². The van der Waals surface area contributed by atoms with Crippen LogP contribution in [0.2, 0.25) is 0 Å². The number of ether oxygens (including phenoxy) is 1. The van der Waals surface area contributed by atoms with Gasteiger partial charge in [-0.15, -0.1) is 0 Å². The molecule has 1 saturated heterocycles. The Balaban J connectivity index is 1.65. The van der Waals surface area contributed by atoms with Crippen molar-refractivity contribution in [3.05, 3.63) is 54.0 Å². The highest BCUT2D eigenvalue weighted by molar-refractivity contribution is 7.89. The first-order valence-corrected chi connectivity index (χ1v) is 10.6. The standard InChI is InChI=1S/C19H25N3O5S/c1-21(2)17(18-4-3-11-27-18)14-20-19(23)15-5-7-16(8-6-15)28(24,25)22-9-12-26-13-10-22/h3-8,11,17H,9-10,12-14H2,1-2H3,(H,20,23)/p+1/t17-/m1/s1. The van der Waals surface area contributed by atoms with Crippen LogP contribution >= 0.6 is 0 Å². The topological polar surface area (TPSA) is 93.3 Å². The zero-order chi connectivity index (χ0) is 20.1. The van der Waals surface area contributed by atoms with Crippen molar-refractivity contribution in [2.75, 3.05) is 46.9 Å². The lowest BCUT2D eigenvalue weighted by molar-refractivity contribution is -0.891. The molecule has 0 aliphatic carbocycles. The summed E-state index contributed by atoms with van der Waals surface area (Å²) in [5.41, 5.74) is 0.410. The van der Waals surface area contributed by atoms with E-state index in [2.05, 4.69) is 5.32 Å². The van der Waals surface area contributed by atoms with Gasteiger partial charge in [0.25, 0.3) is 5.91 Å². The van der Waals surface area contributed by atoms with Crippen molar-refractivity contribution < 1.29 is 27.3 Å². The maximum atomic E-state index is 12.6. The number of quaternary nitrogens is 1. The number of nitrogens with one attached hydrogen (secondary N) is 2. The summed E-state index contributed by atoms with van der Waals surface area (Å²) in [6, 6.07) is 9.71. The normalized spacial score (nSPS) is 16.8. The molecule has 2 aromatic rings. The highest BCUT2D eigenvalue weighted by atomic mass is 32.2. The summed E-state index contributed by atoms with van der Waals surface area (Å²) in [4.78, 5) is 13.8. The summed E-state index contributed by atoms with van der Waals surface area (Å²) in [6.07, 6.45) is 1.61. The van der Waals surface area contributed by atoms with E-state index < -0.39 is 10.0 Å². The molecule has 0 unspecified atom stereocenters. The second-order valence-electron chi connectivity index (χ2n) is 6.90. The van der Waals surface area contributed by atoms with Crippen LogP contribution in [0.5, 0.6) is 0 Å². The molecule has 2 heterocycles. The molecule has 0 bridgehead atoms. The predicted molar refractivity (Wildman–Crippen MR) is 103 cm³/mol. The third-order valence-electron chi connectivity index (χ3n) is 4.77. The van der Waals surface area contributed by atoms with E-state index in [0.29, 0.717) is 38.4 Å². The maximum absolute atomic E-state index is 12.6. The molecule has 1 aliphatic rings. The Labute approximate surface area is 165 Å². The lowest BCUT2D eigenvalue weighted by Gasteiger charge is -2.26. The summed E-state index contributed by atoms with van der Waals surface area (Å²) in [6.45, 7) is 1.87. The lowest BCUT2D eigenvalue weighted by Crippen LogP contribution is -3.07. The fourth-order valence-electron chi connectivity index (χ4n) is 3.09. The van der Waals surface area contributed by atoms with Crippen LogP contribution < -0.4 is 10.2 Å². The molecule has 1 aromatic heterocycles. The molecule has 28 heavy (non-hydrogen) atoms. The van der Waals surface area contributed by atoms with Crippen molar-refractivity contribution in [1.29, 1.82) is 0 Å². The number of amides is 1. The van der Waals surface area contributed by atoms with Gasteiger partial charge < -0.3 is 19.4 Å². The number of morpholine rings is 1. The molecule has 1 atom stereocenters. The molecular formula is C19H26N3O5S+. The predicted octanol–water partition coefficient (Wildman–Crippen LogP) is -0.0839. The van der Waals surface area contributed by atoms with Gasteiger partial charge in [0.1, 0.15) is 0 Å². The summed E-state index contributed by atoms with van der Waals surface area (Å²) in [5.74, 6) is 0.542. The number of furan rings is 1. The van der Waals surface area contributed by atoms with Crippen molar-refractivity contribution in [3.63, 3.8) is 0 Å². The number of carbonyl (C=O) groups is 1. The van der Waals surface area contributed by atoms with Crippen LogP contribution in [0.3, 0.4) is 0 Å². The molecular weight excluding hydrogens is 382 g/mol. The van der Waals surface area contributed by atoms with E-state index in [0.717, 1.165) is 10.7 Å². The first-order valence-electron chi connectivity index (χ1n) is 9.19. The second-order valence-corrected chi connectivity index (χ2v) is 8.83. The van der Waals surface area contributed by atoms with E-state index in [1.54, 1.807) is 6.26 Å². The fraction of sp³-hybridized carbons (Fsp3) is 0.421. The number of hydrogen-bond acceptors (Lipinski definition) is 5. The molecule has 1 amide bonds. The number of hydrogen-bond donors (Lipinski definition) is 2.